The van der Waals surface area contributed by atoms with Crippen LogP contribution in [0.5, 0.6) is 0 Å². The van der Waals surface area contributed by atoms with E-state index in [0.29, 0.717) is 24.7 Å². The van der Waals surface area contributed by atoms with Gasteiger partial charge in [0.05, 0.1) is 6.26 Å². The van der Waals surface area contributed by atoms with Crippen molar-refractivity contribution < 1.29 is 28.2 Å². The Labute approximate surface area is 208 Å². The molecule has 0 amide bonds. The van der Waals surface area contributed by atoms with E-state index in [2.05, 4.69) is 57.4 Å². The molecule has 0 fully saturated rings. The molecule has 2 heterocycles. The topological polar surface area (TPSA) is 180 Å². The number of carbonyl (C=O) groups is 2. The molecule has 192 valence electrons. The van der Waals surface area contributed by atoms with E-state index < -0.39 is 22.0 Å². The lowest BCUT2D eigenvalue weighted by molar-refractivity contribution is -0.134. The van der Waals surface area contributed by atoms with Crippen LogP contribution in [0.15, 0.2) is 53.3 Å². The fraction of sp³-hybridized carbons (Fsp3) is 0.391. The Kier molecular flexibility index (Phi) is 8.53. The zero-order valence-electron chi connectivity index (χ0n) is 19.9. The van der Waals surface area contributed by atoms with Gasteiger partial charge < -0.3 is 15.2 Å². The minimum Gasteiger partial charge on any atom is -0.478 e. The molecule has 3 N–H and O–H groups in total. The highest BCUT2D eigenvalue weighted by molar-refractivity contribution is 7.88. The van der Waals surface area contributed by atoms with Gasteiger partial charge in [0.15, 0.2) is 0 Å². The quantitative estimate of drug-likeness (QED) is 0.158. The van der Waals surface area contributed by atoms with E-state index in [1.807, 2.05) is 0 Å². The number of likely N-dealkylation sites (N-methyl/N-ethyl adjacent to an activating group) is 1. The Balaban J connectivity index is 0.000000392. The summed E-state index contributed by atoms with van der Waals surface area (Å²) in [5.74, 6) is -2.28. The first-order valence-corrected chi connectivity index (χ1v) is 12.9. The summed E-state index contributed by atoms with van der Waals surface area (Å²) in [6.07, 6.45) is 7.66. The molecule has 2 atom stereocenters. The molecule has 1 aromatic heterocycles. The van der Waals surface area contributed by atoms with Crippen LogP contribution in [0.25, 0.3) is 21.3 Å². The van der Waals surface area contributed by atoms with Crippen molar-refractivity contribution in [3.05, 3.63) is 69.8 Å². The Morgan fingerprint density at radius 1 is 1.31 bits per heavy atom. The summed E-state index contributed by atoms with van der Waals surface area (Å²) < 4.78 is 25.8. The molecule has 0 spiro atoms. The van der Waals surface area contributed by atoms with E-state index in [0.717, 1.165) is 24.1 Å². The zero-order chi connectivity index (χ0) is 26.5. The third kappa shape index (κ3) is 6.52. The molecule has 4 rings (SSSR count). The SMILES string of the molecule is CN1CC(CN(CCN=[N+]=[N-])S(C)(=O)=O)=C[C@@H]2c3cccc4[nH]cc(c34)C[C@H]21.O=C(O)C=CC(=O)O. The molecule has 0 bridgehead atoms. The maximum atomic E-state index is 12.2. The fourth-order valence-electron chi connectivity index (χ4n) is 4.69. The molecule has 2 aliphatic rings. The summed E-state index contributed by atoms with van der Waals surface area (Å²) in [6.45, 7) is 1.37. The Morgan fingerprint density at radius 2 is 2.00 bits per heavy atom. The second-order valence-electron chi connectivity index (χ2n) is 8.68. The average Bonchev–Trinajstić information content (AvgIpc) is 3.22. The summed E-state index contributed by atoms with van der Waals surface area (Å²) in [5.41, 5.74) is 13.4. The molecule has 0 saturated carbocycles. The number of H-pyrrole nitrogens is 1. The number of hydrogen-bond donors (Lipinski definition) is 3. The molecule has 0 unspecified atom stereocenters. The molecule has 2 aromatic rings. The third-order valence-corrected chi connectivity index (χ3v) is 7.44. The van der Waals surface area contributed by atoms with Gasteiger partial charge in [0.1, 0.15) is 0 Å². The summed E-state index contributed by atoms with van der Waals surface area (Å²) in [7, 11) is -1.28. The number of fused-ring (bicyclic) bond motifs is 2. The maximum absolute atomic E-state index is 12.2. The van der Waals surface area contributed by atoms with Crippen LogP contribution >= 0.6 is 0 Å². The van der Waals surface area contributed by atoms with Crippen LogP contribution in [-0.4, -0.2) is 90.3 Å². The lowest BCUT2D eigenvalue weighted by atomic mass is 9.76. The molecule has 12 nitrogen and oxygen atoms in total. The van der Waals surface area contributed by atoms with Crippen molar-refractivity contribution in [2.75, 3.05) is 39.5 Å². The highest BCUT2D eigenvalue weighted by atomic mass is 32.2. The van der Waals surface area contributed by atoms with Gasteiger partial charge in [-0.1, -0.05) is 23.3 Å². The van der Waals surface area contributed by atoms with Crippen molar-refractivity contribution in [1.29, 1.82) is 0 Å². The van der Waals surface area contributed by atoms with Gasteiger partial charge in [-0.3, -0.25) is 4.90 Å². The predicted molar refractivity (Wildman–Crippen MR) is 134 cm³/mol. The molecule has 1 aromatic carbocycles. The number of azide groups is 1. The van der Waals surface area contributed by atoms with Gasteiger partial charge in [-0.15, -0.1) is 0 Å². The van der Waals surface area contributed by atoms with Gasteiger partial charge in [-0.25, -0.2) is 18.0 Å². The van der Waals surface area contributed by atoms with Crippen molar-refractivity contribution in [3.8, 4) is 0 Å². The van der Waals surface area contributed by atoms with Gasteiger partial charge in [-0.05, 0) is 41.8 Å². The number of rotatable bonds is 8. The number of carboxylic acids is 2. The highest BCUT2D eigenvalue weighted by Gasteiger charge is 2.36. The number of aliphatic carboxylic acids is 2. The first kappa shape index (κ1) is 27.0. The van der Waals surface area contributed by atoms with Crippen LogP contribution in [-0.2, 0) is 26.0 Å². The molecule has 13 heteroatoms. The molecule has 1 aliphatic carbocycles. The van der Waals surface area contributed by atoms with Crippen molar-refractivity contribution >= 4 is 32.9 Å². The molecule has 1 aliphatic heterocycles. The molecule has 36 heavy (non-hydrogen) atoms. The van der Waals surface area contributed by atoms with Gasteiger partial charge in [0.25, 0.3) is 0 Å². The summed E-state index contributed by atoms with van der Waals surface area (Å²) in [6, 6.07) is 6.72. The first-order valence-electron chi connectivity index (χ1n) is 11.1. The van der Waals surface area contributed by atoms with Gasteiger partial charge >= 0.3 is 11.9 Å². The predicted octanol–water partition coefficient (Wildman–Crippen LogP) is 2.33. The average molecular weight is 517 g/mol. The number of aromatic nitrogens is 1. The van der Waals surface area contributed by atoms with E-state index in [4.69, 9.17) is 15.7 Å². The highest BCUT2D eigenvalue weighted by Crippen LogP contribution is 2.41. The zero-order valence-corrected chi connectivity index (χ0v) is 20.7. The number of nitrogens with zero attached hydrogens (tertiary/aromatic N) is 5. The van der Waals surface area contributed by atoms with Gasteiger partial charge in [-0.2, -0.15) is 4.31 Å². The smallest absolute Gasteiger partial charge is 0.328 e. The third-order valence-electron chi connectivity index (χ3n) is 6.19. The molecular weight excluding hydrogens is 488 g/mol. The number of carboxylic acid groups (broad SMARTS) is 2. The number of nitrogens with one attached hydrogen (secondary N) is 1. The second kappa shape index (κ2) is 11.4. The normalized spacial score (nSPS) is 19.2. The molecule has 0 saturated heterocycles. The summed E-state index contributed by atoms with van der Waals surface area (Å²) >= 11 is 0. The lowest BCUT2D eigenvalue weighted by Crippen LogP contribution is -2.46. The van der Waals surface area contributed by atoms with Crippen molar-refractivity contribution in [2.45, 2.75) is 18.4 Å². The number of benzene rings is 1. The first-order chi connectivity index (χ1) is 17.0. The Hall–Kier alpha value is -3.64. The Morgan fingerprint density at radius 3 is 2.61 bits per heavy atom. The van der Waals surface area contributed by atoms with E-state index in [-0.39, 0.29) is 19.0 Å². The molecule has 0 radical (unpaired) electrons. The summed E-state index contributed by atoms with van der Waals surface area (Å²) in [4.78, 5) is 27.5. The van der Waals surface area contributed by atoms with Crippen LogP contribution in [0, 0.1) is 0 Å². The number of aromatic amines is 1. The second-order valence-corrected chi connectivity index (χ2v) is 10.7. The van der Waals surface area contributed by atoms with Crippen LogP contribution in [0.2, 0.25) is 0 Å². The standard InChI is InChI=1S/C19H24N6O2S.C4H4O4/c1-24-11-13(12-25(28(2,26)27)7-6-22-23-20)8-16-15-4-3-5-17-19(15)14(10-21-17)9-18(16)24;5-3(6)1-2-4(7)8/h3-5,8,10,16,18,21H,6-7,9,11-12H2,1-2H3;1-2H,(H,5,6)(H,7,8)/t16-,18-;/m1./s1. The summed E-state index contributed by atoms with van der Waals surface area (Å²) in [5, 5.41) is 20.4. The van der Waals surface area contributed by atoms with Crippen molar-refractivity contribution in [3.63, 3.8) is 0 Å². The number of sulfonamides is 1. The van der Waals surface area contributed by atoms with Crippen LogP contribution in [0.4, 0.5) is 0 Å². The minimum atomic E-state index is -3.39. The van der Waals surface area contributed by atoms with Crippen LogP contribution < -0.4 is 0 Å². The van der Waals surface area contributed by atoms with E-state index in [1.54, 1.807) is 0 Å². The van der Waals surface area contributed by atoms with Gasteiger partial charge in [0.2, 0.25) is 10.0 Å². The largest absolute Gasteiger partial charge is 0.478 e. The van der Waals surface area contributed by atoms with Crippen LogP contribution in [0.3, 0.4) is 0 Å². The molecular formula is C23H28N6O6S. The van der Waals surface area contributed by atoms with E-state index >= 15 is 0 Å². The lowest BCUT2D eigenvalue weighted by Gasteiger charge is -2.42. The van der Waals surface area contributed by atoms with Crippen molar-refractivity contribution in [1.82, 2.24) is 14.2 Å². The van der Waals surface area contributed by atoms with Crippen molar-refractivity contribution in [2.24, 2.45) is 5.11 Å². The van der Waals surface area contributed by atoms with Gasteiger partial charge in [0, 0.05) is 72.3 Å². The maximum Gasteiger partial charge on any atom is 0.328 e. The van der Waals surface area contributed by atoms with E-state index in [9.17, 15) is 18.0 Å². The minimum absolute atomic E-state index is 0.130. The monoisotopic (exact) mass is 516 g/mol. The Bertz CT molecular complexity index is 1340. The number of hydrogen-bond acceptors (Lipinski definition) is 6. The van der Waals surface area contributed by atoms with Crippen LogP contribution in [0.1, 0.15) is 17.0 Å². The fourth-order valence-corrected chi connectivity index (χ4v) is 5.51. The van der Waals surface area contributed by atoms with E-state index in [1.165, 1.54) is 27.1 Å².